The molecule has 0 atom stereocenters. The second-order valence-electron chi connectivity index (χ2n) is 5.75. The molecule has 0 aromatic rings. The van der Waals surface area contributed by atoms with Gasteiger partial charge >= 0.3 is 7.12 Å². The molecule has 1 fully saturated rings. The lowest BCUT2D eigenvalue weighted by molar-refractivity contribution is -0.104. The maximum absolute atomic E-state index is 10.8. The number of hydrogen-bond donors (Lipinski definition) is 0. The van der Waals surface area contributed by atoms with Gasteiger partial charge in [0.25, 0.3) is 0 Å². The average molecular weight is 324 g/mol. The van der Waals surface area contributed by atoms with Gasteiger partial charge in [-0.2, -0.15) is 0 Å². The monoisotopic (exact) mass is 324 g/mol. The lowest BCUT2D eigenvalue weighted by Crippen LogP contribution is -2.41. The third-order valence-electron chi connectivity index (χ3n) is 3.56. The summed E-state index contributed by atoms with van der Waals surface area (Å²) in [4.78, 5) is 10.8. The highest BCUT2D eigenvalue weighted by Gasteiger charge is 2.51. The smallest absolute Gasteiger partial charge is 0.399 e. The van der Waals surface area contributed by atoms with Gasteiger partial charge in [0, 0.05) is 19.8 Å². The molecule has 1 aliphatic heterocycles. The Labute approximate surface area is 142 Å². The summed E-state index contributed by atoms with van der Waals surface area (Å²) in [6.45, 7) is 17.5. The van der Waals surface area contributed by atoms with Crippen LogP contribution in [-0.4, -0.2) is 38.8 Å². The molecule has 0 N–H and O–H groups in total. The summed E-state index contributed by atoms with van der Waals surface area (Å²) in [5, 5.41) is 0. The first kappa shape index (κ1) is 24.1. The third kappa shape index (κ3) is 7.29. The van der Waals surface area contributed by atoms with Gasteiger partial charge in [-0.1, -0.05) is 38.7 Å². The first-order valence-electron chi connectivity index (χ1n) is 7.90. The van der Waals surface area contributed by atoms with Gasteiger partial charge in [-0.15, -0.1) is 0 Å². The van der Waals surface area contributed by atoms with E-state index in [-0.39, 0.29) is 0 Å². The van der Waals surface area contributed by atoms with Crippen LogP contribution in [0, 0.1) is 0 Å². The molecule has 5 heteroatoms. The summed E-state index contributed by atoms with van der Waals surface area (Å²) in [7, 11) is 2.77. The number of carbonyl (C=O) groups is 1. The second kappa shape index (κ2) is 11.4. The normalized spacial score (nSPS) is 19.1. The fourth-order valence-electron chi connectivity index (χ4n) is 1.58. The number of ether oxygens (including phenoxy) is 1. The fourth-order valence-corrected chi connectivity index (χ4v) is 1.58. The zero-order valence-corrected chi connectivity index (χ0v) is 16.2. The molecule has 0 aliphatic carbocycles. The predicted octanol–water partition coefficient (Wildman–Crippen LogP) is 4.16. The molecular weight excluding hydrogens is 291 g/mol. The largest absolute Gasteiger partial charge is 0.494 e. The number of rotatable bonds is 4. The van der Waals surface area contributed by atoms with Gasteiger partial charge in [-0.3, -0.25) is 4.79 Å². The van der Waals surface area contributed by atoms with Gasteiger partial charge in [-0.05, 0) is 40.1 Å². The van der Waals surface area contributed by atoms with Crippen molar-refractivity contribution >= 4 is 13.4 Å². The zero-order valence-electron chi connectivity index (χ0n) is 16.2. The van der Waals surface area contributed by atoms with E-state index in [0.29, 0.717) is 5.57 Å². The first-order chi connectivity index (χ1) is 10.7. The second-order valence-corrected chi connectivity index (χ2v) is 5.75. The molecule has 0 unspecified atom stereocenters. The SMILES string of the molecule is C=C/C(=C\C(C=O)=C/C)B1OC(C)(C)C(C)(C)O1.CC.COC. The molecule has 0 radical (unpaired) electrons. The molecule has 23 heavy (non-hydrogen) atoms. The first-order valence-corrected chi connectivity index (χ1v) is 7.90. The molecule has 0 spiro atoms. The van der Waals surface area contributed by atoms with Crippen molar-refractivity contribution in [2.45, 2.75) is 59.7 Å². The molecule has 1 aliphatic rings. The molecule has 0 aromatic heterocycles. The highest BCUT2D eigenvalue weighted by Crippen LogP contribution is 2.38. The van der Waals surface area contributed by atoms with E-state index >= 15 is 0 Å². The van der Waals surface area contributed by atoms with Crippen LogP contribution in [0.25, 0.3) is 0 Å². The highest BCUT2D eigenvalue weighted by molar-refractivity contribution is 6.55. The minimum Gasteiger partial charge on any atom is -0.399 e. The van der Waals surface area contributed by atoms with E-state index in [1.807, 2.05) is 48.5 Å². The van der Waals surface area contributed by atoms with Gasteiger partial charge in [0.2, 0.25) is 0 Å². The quantitative estimate of drug-likeness (QED) is 0.337. The Kier molecular flexibility index (Phi) is 11.9. The zero-order chi connectivity index (χ0) is 18.7. The van der Waals surface area contributed by atoms with E-state index in [4.69, 9.17) is 9.31 Å². The van der Waals surface area contributed by atoms with E-state index in [9.17, 15) is 4.79 Å². The van der Waals surface area contributed by atoms with Crippen LogP contribution >= 0.6 is 0 Å². The van der Waals surface area contributed by atoms with E-state index in [2.05, 4.69) is 11.3 Å². The minimum absolute atomic E-state index is 0.392. The molecule has 0 saturated carbocycles. The van der Waals surface area contributed by atoms with Crippen molar-refractivity contribution in [3.8, 4) is 0 Å². The van der Waals surface area contributed by atoms with Crippen LogP contribution < -0.4 is 0 Å². The topological polar surface area (TPSA) is 44.8 Å². The van der Waals surface area contributed by atoms with E-state index < -0.39 is 18.3 Å². The molecule has 1 heterocycles. The van der Waals surface area contributed by atoms with Crippen LogP contribution in [0.3, 0.4) is 0 Å². The van der Waals surface area contributed by atoms with Crippen molar-refractivity contribution in [3.63, 3.8) is 0 Å². The fraction of sp³-hybridized carbons (Fsp3) is 0.611. The maximum Gasteiger partial charge on any atom is 0.494 e. The van der Waals surface area contributed by atoms with Crippen molar-refractivity contribution in [2.24, 2.45) is 0 Å². The molecule has 0 aromatic carbocycles. The van der Waals surface area contributed by atoms with Crippen molar-refractivity contribution < 1.29 is 18.8 Å². The van der Waals surface area contributed by atoms with Gasteiger partial charge < -0.3 is 14.0 Å². The van der Waals surface area contributed by atoms with Crippen molar-refractivity contribution in [1.29, 1.82) is 0 Å². The Morgan fingerprint density at radius 2 is 1.48 bits per heavy atom. The summed E-state index contributed by atoms with van der Waals surface area (Å²) in [5.74, 6) is 0. The van der Waals surface area contributed by atoms with Crippen LogP contribution in [0.4, 0.5) is 0 Å². The molecule has 1 rings (SSSR count). The molecule has 4 nitrogen and oxygen atoms in total. The molecular formula is C18H33BO4. The van der Waals surface area contributed by atoms with Crippen LogP contribution in [0.5, 0.6) is 0 Å². The van der Waals surface area contributed by atoms with Crippen molar-refractivity contribution in [2.75, 3.05) is 14.2 Å². The van der Waals surface area contributed by atoms with Crippen molar-refractivity contribution in [3.05, 3.63) is 35.9 Å². The van der Waals surface area contributed by atoms with Crippen LogP contribution in [0.2, 0.25) is 0 Å². The van der Waals surface area contributed by atoms with Crippen LogP contribution in [0.1, 0.15) is 48.5 Å². The summed E-state index contributed by atoms with van der Waals surface area (Å²) in [6.07, 6.45) is 5.94. The number of aldehydes is 1. The number of hydrogen-bond acceptors (Lipinski definition) is 4. The summed E-state index contributed by atoms with van der Waals surface area (Å²) in [6, 6.07) is 0. The van der Waals surface area contributed by atoms with Crippen LogP contribution in [0.15, 0.2) is 35.9 Å². The Balaban J connectivity index is 0. The lowest BCUT2D eigenvalue weighted by Gasteiger charge is -2.32. The predicted molar refractivity (Wildman–Crippen MR) is 98.5 cm³/mol. The maximum atomic E-state index is 10.8. The standard InChI is InChI=1S/C14H21BO3.C2H6O.C2H6/c1-7-11(10-16)9-12(8-2)15-17-13(3,4)14(5,6)18-15;1-3-2;1-2/h7-10H,2H2,1,3-6H3;1-2H3;1-2H3/b11-7+,12-9+;;. The molecule has 0 bridgehead atoms. The highest BCUT2D eigenvalue weighted by atomic mass is 16.7. The molecule has 132 valence electrons. The van der Waals surface area contributed by atoms with Gasteiger partial charge in [0.05, 0.1) is 11.2 Å². The van der Waals surface area contributed by atoms with Crippen molar-refractivity contribution in [1.82, 2.24) is 0 Å². The Bertz CT molecular complexity index is 407. The van der Waals surface area contributed by atoms with E-state index in [1.165, 1.54) is 0 Å². The number of methoxy groups -OCH3 is 1. The summed E-state index contributed by atoms with van der Waals surface area (Å²) >= 11 is 0. The van der Waals surface area contributed by atoms with E-state index in [1.54, 1.807) is 32.4 Å². The van der Waals surface area contributed by atoms with Gasteiger partial charge in [0.15, 0.2) is 0 Å². The molecule has 0 amide bonds. The average Bonchev–Trinajstić information content (AvgIpc) is 2.71. The molecule has 1 saturated heterocycles. The van der Waals surface area contributed by atoms with Crippen LogP contribution in [-0.2, 0) is 18.8 Å². The lowest BCUT2D eigenvalue weighted by atomic mass is 9.77. The number of allylic oxidation sites excluding steroid dienone is 5. The summed E-state index contributed by atoms with van der Waals surface area (Å²) in [5.41, 5.74) is 0.558. The summed E-state index contributed by atoms with van der Waals surface area (Å²) < 4.78 is 16.1. The third-order valence-corrected chi connectivity index (χ3v) is 3.56. The number of carbonyl (C=O) groups excluding carboxylic acids is 1. The van der Waals surface area contributed by atoms with Gasteiger partial charge in [-0.25, -0.2) is 0 Å². The Morgan fingerprint density at radius 1 is 1.09 bits per heavy atom. The van der Waals surface area contributed by atoms with Gasteiger partial charge in [0.1, 0.15) is 6.29 Å². The minimum atomic E-state index is -0.484. The van der Waals surface area contributed by atoms with E-state index in [0.717, 1.165) is 11.8 Å². The Hall–Kier alpha value is -1.17. The Morgan fingerprint density at radius 3 is 1.74 bits per heavy atom.